The zero-order valence-electron chi connectivity index (χ0n) is 34.7. The lowest BCUT2D eigenvalue weighted by atomic mass is 9.96. The van der Waals surface area contributed by atoms with Gasteiger partial charge in [-0.2, -0.15) is 0 Å². The van der Waals surface area contributed by atoms with Gasteiger partial charge in [0.15, 0.2) is 0 Å². The van der Waals surface area contributed by atoms with Gasteiger partial charge < -0.3 is 66.1 Å². The molecule has 0 aromatic heterocycles. The zero-order chi connectivity index (χ0) is 41.0. The van der Waals surface area contributed by atoms with Crippen LogP contribution in [0.3, 0.4) is 0 Å². The minimum Gasteiger partial charge on any atom is -0.508 e. The Morgan fingerprint density at radius 2 is 1.35 bits per heavy atom. The molecule has 2 aromatic rings. The van der Waals surface area contributed by atoms with Crippen molar-refractivity contribution in [3.63, 3.8) is 0 Å². The average molecular weight is 1000 g/mol. The number of rotatable bonds is 20. The monoisotopic (exact) mass is 997 g/mol. The van der Waals surface area contributed by atoms with Gasteiger partial charge in [0.1, 0.15) is 23.9 Å². The molecule has 17 nitrogen and oxygen atoms in total. The van der Waals surface area contributed by atoms with Gasteiger partial charge in [-0.3, -0.25) is 24.0 Å². The lowest BCUT2D eigenvalue weighted by Crippen LogP contribution is -2.59. The minimum atomic E-state index is -1.18. The Morgan fingerprint density at radius 1 is 0.742 bits per heavy atom. The van der Waals surface area contributed by atoms with Gasteiger partial charge in [0.2, 0.25) is 29.5 Å². The van der Waals surface area contributed by atoms with E-state index in [0.717, 1.165) is 17.5 Å². The first-order chi connectivity index (χ1) is 26.9. The second-order valence-corrected chi connectivity index (χ2v) is 14.4. The number of carbonyl (C=O) groups is 5. The lowest BCUT2D eigenvalue weighted by molar-refractivity contribution is -0.134. The molecule has 0 spiro atoms. The molecule has 1 aliphatic heterocycles. The molecule has 5 amide bonds. The quantitative estimate of drug-likeness (QED) is 0.0875. The predicted octanol–water partition coefficient (Wildman–Crippen LogP) is 0.744. The van der Waals surface area contributed by atoms with E-state index in [0.29, 0.717) is 56.3 Å². The van der Waals surface area contributed by atoms with Crippen LogP contribution in [0.2, 0.25) is 0 Å². The Labute approximate surface area is 402 Å². The molecular formula is C39H69Cl6N11O6. The largest absolute Gasteiger partial charge is 0.508 e. The number of hydrogen-bond donors (Lipinski definition) is 12. The maximum Gasteiger partial charge on any atom is 0.243 e. The molecule has 18 N–H and O–H groups in total. The van der Waals surface area contributed by atoms with Crippen LogP contribution >= 0.6 is 74.4 Å². The minimum absolute atomic E-state index is 0. The van der Waals surface area contributed by atoms with Gasteiger partial charge in [0.25, 0.3) is 0 Å². The van der Waals surface area contributed by atoms with Crippen molar-refractivity contribution in [1.29, 1.82) is 0 Å². The van der Waals surface area contributed by atoms with Crippen molar-refractivity contribution in [3.05, 3.63) is 53.6 Å². The number of phenols is 1. The highest BCUT2D eigenvalue weighted by atomic mass is 35.5. The zero-order valence-corrected chi connectivity index (χ0v) is 39.6. The second-order valence-electron chi connectivity index (χ2n) is 14.4. The van der Waals surface area contributed by atoms with Gasteiger partial charge in [0, 0.05) is 37.9 Å². The third-order valence-electron chi connectivity index (χ3n) is 9.72. The summed E-state index contributed by atoms with van der Waals surface area (Å²) in [7, 11) is 0. The molecule has 0 radical (unpaired) electrons. The Morgan fingerprint density at radius 3 is 2.00 bits per heavy atom. The van der Waals surface area contributed by atoms with Crippen LogP contribution in [0.1, 0.15) is 68.9 Å². The molecule has 23 heteroatoms. The number of nitrogens with one attached hydrogen (secondary N) is 5. The summed E-state index contributed by atoms with van der Waals surface area (Å²) in [6.45, 7) is 1.61. The van der Waals surface area contributed by atoms with Crippen LogP contribution in [-0.4, -0.2) is 104 Å². The highest BCUT2D eigenvalue weighted by molar-refractivity contribution is 5.95. The van der Waals surface area contributed by atoms with Gasteiger partial charge in [-0.15, -0.1) is 74.4 Å². The predicted molar refractivity (Wildman–Crippen MR) is 259 cm³/mol. The molecule has 0 fully saturated rings. The molecule has 6 atom stereocenters. The molecule has 4 bridgehead atoms. The lowest BCUT2D eigenvalue weighted by Gasteiger charge is -2.27. The number of hydrogen-bond acceptors (Lipinski definition) is 12. The smallest absolute Gasteiger partial charge is 0.243 e. The molecule has 2 aromatic carbocycles. The summed E-state index contributed by atoms with van der Waals surface area (Å²) in [6.07, 6.45) is 3.52. The first kappa shape index (κ1) is 65.7. The number of phenolic OH excluding ortho intramolecular Hbond substituents is 1. The van der Waals surface area contributed by atoms with E-state index >= 15 is 0 Å². The molecule has 3 rings (SSSR count). The molecule has 0 saturated carbocycles. The van der Waals surface area contributed by atoms with E-state index in [9.17, 15) is 29.1 Å². The SMILES string of the molecule is Cl.Cl.Cl.Cl.Cl.Cl.NCCC[C@H](N)CNC(=O)C[C@H](CCCN)NC(=O)[C@H](CCCN)NC(=O)[C@@H]1Cc2cccc(c2)-c2ccc(O)c(c2)C[C@H](N)C(=O)N[C@@H](CCCN)C(=O)N1. The topological polar surface area (TPSA) is 322 Å². The number of nitrogens with two attached hydrogens (primary N) is 6. The molecule has 62 heavy (non-hydrogen) atoms. The number of amides is 5. The van der Waals surface area contributed by atoms with Crippen LogP contribution in [0.25, 0.3) is 11.1 Å². The molecule has 358 valence electrons. The van der Waals surface area contributed by atoms with Gasteiger partial charge >= 0.3 is 0 Å². The normalized spacial score (nSPS) is 17.1. The summed E-state index contributed by atoms with van der Waals surface area (Å²) in [4.78, 5) is 68.0. The van der Waals surface area contributed by atoms with E-state index in [2.05, 4.69) is 26.6 Å². The van der Waals surface area contributed by atoms with Crippen molar-refractivity contribution in [1.82, 2.24) is 26.6 Å². The number of carbonyl (C=O) groups excluding carboxylic acids is 5. The third-order valence-corrected chi connectivity index (χ3v) is 9.72. The first-order valence-electron chi connectivity index (χ1n) is 19.6. The first-order valence-corrected chi connectivity index (χ1v) is 19.6. The third kappa shape index (κ3) is 22.6. The summed E-state index contributed by atoms with van der Waals surface area (Å²) in [5.74, 6) is -2.72. The van der Waals surface area contributed by atoms with Crippen LogP contribution in [0, 0.1) is 0 Å². The highest BCUT2D eigenvalue weighted by Gasteiger charge is 2.32. The van der Waals surface area contributed by atoms with Gasteiger partial charge in [-0.05, 0) is 112 Å². The summed E-state index contributed by atoms with van der Waals surface area (Å²) < 4.78 is 0. The summed E-state index contributed by atoms with van der Waals surface area (Å²) >= 11 is 0. The van der Waals surface area contributed by atoms with Crippen LogP contribution in [0.5, 0.6) is 5.75 Å². The van der Waals surface area contributed by atoms with Crippen LogP contribution in [0.4, 0.5) is 0 Å². The van der Waals surface area contributed by atoms with Gasteiger partial charge in [-0.25, -0.2) is 0 Å². The number of fused-ring (bicyclic) bond motifs is 5. The maximum absolute atomic E-state index is 14.2. The fraction of sp³-hybridized carbons (Fsp3) is 0.564. The Bertz CT molecular complexity index is 1620. The van der Waals surface area contributed by atoms with Crippen LogP contribution in [0.15, 0.2) is 42.5 Å². The molecule has 0 unspecified atom stereocenters. The molecular weight excluding hydrogens is 931 g/mol. The molecule has 1 heterocycles. The second kappa shape index (κ2) is 35.4. The Hall–Kier alpha value is -2.91. The van der Waals surface area contributed by atoms with E-state index < -0.39 is 53.8 Å². The van der Waals surface area contributed by atoms with Crippen molar-refractivity contribution >= 4 is 104 Å². The molecule has 0 saturated heterocycles. The van der Waals surface area contributed by atoms with Crippen molar-refractivity contribution in [2.75, 3.05) is 32.7 Å². The fourth-order valence-corrected chi connectivity index (χ4v) is 6.50. The Balaban J connectivity index is -0.00000280. The Kier molecular flexibility index (Phi) is 37.6. The van der Waals surface area contributed by atoms with Crippen molar-refractivity contribution in [2.45, 2.75) is 107 Å². The molecule has 0 aliphatic carbocycles. The van der Waals surface area contributed by atoms with E-state index in [1.54, 1.807) is 12.1 Å². The van der Waals surface area contributed by atoms with E-state index in [1.807, 2.05) is 24.3 Å². The van der Waals surface area contributed by atoms with Gasteiger partial charge in [-0.1, -0.05) is 30.3 Å². The highest BCUT2D eigenvalue weighted by Crippen LogP contribution is 2.28. The van der Waals surface area contributed by atoms with E-state index in [1.165, 1.54) is 6.07 Å². The number of benzene rings is 2. The fourth-order valence-electron chi connectivity index (χ4n) is 6.50. The van der Waals surface area contributed by atoms with Crippen molar-refractivity contribution in [3.8, 4) is 16.9 Å². The van der Waals surface area contributed by atoms with Crippen molar-refractivity contribution < 1.29 is 29.1 Å². The number of halogens is 6. The van der Waals surface area contributed by atoms with Crippen LogP contribution < -0.4 is 61.0 Å². The summed E-state index contributed by atoms with van der Waals surface area (Å²) in [5.41, 5.74) is 37.9. The van der Waals surface area contributed by atoms with Crippen molar-refractivity contribution in [2.24, 2.45) is 34.4 Å². The molecule has 1 aliphatic rings. The summed E-state index contributed by atoms with van der Waals surface area (Å²) in [6, 6.07) is 7.15. The number of aromatic hydroxyl groups is 1. The maximum atomic E-state index is 14.2. The standard InChI is InChI=1S/C39H63N11O6.6ClH/c40-14-2-8-28(44)23-46-35(52)22-29(9-3-15-41)47-37(54)31(10-4-16-42)49-39(56)33-19-24-6-1-7-25(18-24)26-12-13-34(51)27(20-26)21-30(45)36(53)48-32(11-5-17-43)38(55)50-33;;;;;;/h1,6-7,12-13,18,20,28-33,51H,2-5,8-11,14-17,19,21-23,40-45H2,(H,46,52)(H,47,54)(H,48,53)(H,49,56)(H,50,55);6*1H/t28-,29-,30-,31-,32-,33-;;;;;;/m0....../s1. The van der Waals surface area contributed by atoms with Gasteiger partial charge in [0.05, 0.1) is 6.04 Å². The van der Waals surface area contributed by atoms with Crippen LogP contribution in [-0.2, 0) is 36.8 Å². The van der Waals surface area contributed by atoms with E-state index in [4.69, 9.17) is 34.4 Å². The average Bonchev–Trinajstić information content (AvgIpc) is 3.18. The summed E-state index contributed by atoms with van der Waals surface area (Å²) in [5, 5.41) is 24.7. The van der Waals surface area contributed by atoms with E-state index in [-0.39, 0.29) is 144 Å².